The van der Waals surface area contributed by atoms with Crippen molar-refractivity contribution >= 4 is 23.4 Å². The minimum atomic E-state index is -0.268. The van der Waals surface area contributed by atoms with Crippen LogP contribution in [-0.4, -0.2) is 37.4 Å². The van der Waals surface area contributed by atoms with Crippen molar-refractivity contribution in [1.82, 2.24) is 10.2 Å². The SMILES string of the molecule is COc1ccc(Cl)cc1CN(C)C(=O)CNC(=O)c1ccc(C)c(C)c1. The summed E-state index contributed by atoms with van der Waals surface area (Å²) in [5.74, 6) is 0.188. The Hall–Kier alpha value is -2.53. The molecule has 6 heteroatoms. The van der Waals surface area contributed by atoms with Gasteiger partial charge in [0.2, 0.25) is 5.91 Å². The molecule has 0 heterocycles. The second-order valence-corrected chi connectivity index (χ2v) is 6.62. The van der Waals surface area contributed by atoms with E-state index in [-0.39, 0.29) is 18.4 Å². The highest BCUT2D eigenvalue weighted by Crippen LogP contribution is 2.23. The number of likely N-dealkylation sites (N-methyl/N-ethyl adjacent to an activating group) is 1. The van der Waals surface area contributed by atoms with Gasteiger partial charge in [0.05, 0.1) is 13.7 Å². The molecule has 0 saturated heterocycles. The van der Waals surface area contributed by atoms with Crippen molar-refractivity contribution in [2.75, 3.05) is 20.7 Å². The molecule has 0 aromatic heterocycles. The summed E-state index contributed by atoms with van der Waals surface area (Å²) < 4.78 is 5.29. The first-order valence-corrected chi connectivity index (χ1v) is 8.61. The average Bonchev–Trinajstić information content (AvgIpc) is 2.61. The number of nitrogens with zero attached hydrogens (tertiary/aromatic N) is 1. The van der Waals surface area contributed by atoms with Crippen LogP contribution in [0.15, 0.2) is 36.4 Å². The second kappa shape index (κ2) is 8.72. The van der Waals surface area contributed by atoms with Gasteiger partial charge in [0.25, 0.3) is 5.91 Å². The number of benzene rings is 2. The van der Waals surface area contributed by atoms with Gasteiger partial charge >= 0.3 is 0 Å². The summed E-state index contributed by atoms with van der Waals surface area (Å²) in [5.41, 5.74) is 3.50. The van der Waals surface area contributed by atoms with Crippen LogP contribution in [0, 0.1) is 13.8 Å². The Kier molecular flexibility index (Phi) is 6.64. The van der Waals surface area contributed by atoms with E-state index < -0.39 is 0 Å². The van der Waals surface area contributed by atoms with Gasteiger partial charge in [-0.15, -0.1) is 0 Å². The number of carbonyl (C=O) groups excluding carboxylic acids is 2. The fraction of sp³-hybridized carbons (Fsp3) is 0.300. The standard InChI is InChI=1S/C20H23ClN2O3/c1-13-5-6-15(9-14(13)2)20(25)22-11-19(24)23(3)12-16-10-17(21)7-8-18(16)26-4/h5-10H,11-12H2,1-4H3,(H,22,25). The summed E-state index contributed by atoms with van der Waals surface area (Å²) in [6.45, 7) is 4.19. The lowest BCUT2D eigenvalue weighted by Crippen LogP contribution is -2.37. The number of ether oxygens (including phenoxy) is 1. The molecule has 2 aromatic rings. The fourth-order valence-corrected chi connectivity index (χ4v) is 2.68. The zero-order chi connectivity index (χ0) is 19.3. The predicted molar refractivity (Wildman–Crippen MR) is 103 cm³/mol. The molecule has 0 spiro atoms. The zero-order valence-corrected chi connectivity index (χ0v) is 16.2. The number of hydrogen-bond acceptors (Lipinski definition) is 3. The number of rotatable bonds is 6. The average molecular weight is 375 g/mol. The topological polar surface area (TPSA) is 58.6 Å². The highest BCUT2D eigenvalue weighted by molar-refractivity contribution is 6.30. The van der Waals surface area contributed by atoms with Gasteiger partial charge in [-0.25, -0.2) is 0 Å². The van der Waals surface area contributed by atoms with Crippen molar-refractivity contribution in [3.8, 4) is 5.75 Å². The molecule has 0 aliphatic carbocycles. The first-order chi connectivity index (χ1) is 12.3. The van der Waals surface area contributed by atoms with Gasteiger partial charge in [-0.05, 0) is 55.3 Å². The summed E-state index contributed by atoms with van der Waals surface area (Å²) in [4.78, 5) is 26.1. The molecule has 0 aliphatic heterocycles. The van der Waals surface area contributed by atoms with E-state index in [0.29, 0.717) is 22.9 Å². The Bertz CT molecular complexity index is 821. The van der Waals surface area contributed by atoms with Gasteiger partial charge in [-0.3, -0.25) is 9.59 Å². The van der Waals surface area contributed by atoms with Crippen LogP contribution < -0.4 is 10.1 Å². The van der Waals surface area contributed by atoms with Crippen molar-refractivity contribution in [2.24, 2.45) is 0 Å². The molecule has 0 aliphatic rings. The van der Waals surface area contributed by atoms with Crippen LogP contribution in [0.1, 0.15) is 27.0 Å². The van der Waals surface area contributed by atoms with E-state index in [0.717, 1.165) is 16.7 Å². The predicted octanol–water partition coefficient (Wildman–Crippen LogP) is 3.35. The summed E-state index contributed by atoms with van der Waals surface area (Å²) in [5, 5.41) is 3.24. The van der Waals surface area contributed by atoms with Crippen LogP contribution in [0.2, 0.25) is 5.02 Å². The molecule has 1 N–H and O–H groups in total. The van der Waals surface area contributed by atoms with Crippen molar-refractivity contribution in [3.05, 3.63) is 63.7 Å². The second-order valence-electron chi connectivity index (χ2n) is 6.19. The third kappa shape index (κ3) is 4.99. The molecule has 138 valence electrons. The molecule has 2 rings (SSSR count). The van der Waals surface area contributed by atoms with E-state index in [2.05, 4.69) is 5.32 Å². The number of amides is 2. The van der Waals surface area contributed by atoms with Crippen LogP contribution in [0.25, 0.3) is 0 Å². The molecular weight excluding hydrogens is 352 g/mol. The van der Waals surface area contributed by atoms with E-state index in [1.165, 1.54) is 4.90 Å². The van der Waals surface area contributed by atoms with E-state index in [4.69, 9.17) is 16.3 Å². The molecule has 0 saturated carbocycles. The Balaban J connectivity index is 1.96. The van der Waals surface area contributed by atoms with E-state index >= 15 is 0 Å². The molecule has 0 fully saturated rings. The van der Waals surface area contributed by atoms with Gasteiger partial charge in [0.1, 0.15) is 5.75 Å². The van der Waals surface area contributed by atoms with Crippen molar-refractivity contribution in [3.63, 3.8) is 0 Å². The Morgan fingerprint density at radius 3 is 2.50 bits per heavy atom. The summed E-state index contributed by atoms with van der Waals surface area (Å²) in [7, 11) is 3.24. The Labute approximate surface area is 158 Å². The third-order valence-electron chi connectivity index (χ3n) is 4.24. The molecule has 0 radical (unpaired) electrons. The van der Waals surface area contributed by atoms with Crippen LogP contribution in [0.3, 0.4) is 0 Å². The number of methoxy groups -OCH3 is 1. The Morgan fingerprint density at radius 2 is 1.85 bits per heavy atom. The van der Waals surface area contributed by atoms with E-state index in [1.807, 2.05) is 26.0 Å². The molecule has 0 atom stereocenters. The monoisotopic (exact) mass is 374 g/mol. The summed E-state index contributed by atoms with van der Waals surface area (Å²) in [6, 6.07) is 10.7. The highest BCUT2D eigenvalue weighted by Gasteiger charge is 2.14. The molecule has 0 bridgehead atoms. The molecule has 26 heavy (non-hydrogen) atoms. The number of halogens is 1. The lowest BCUT2D eigenvalue weighted by Gasteiger charge is -2.19. The number of hydrogen-bond donors (Lipinski definition) is 1. The number of aryl methyl sites for hydroxylation is 2. The van der Waals surface area contributed by atoms with Crippen molar-refractivity contribution < 1.29 is 14.3 Å². The van der Waals surface area contributed by atoms with Gasteiger partial charge in [0, 0.05) is 29.7 Å². The molecule has 2 aromatic carbocycles. The quantitative estimate of drug-likeness (QED) is 0.843. The normalized spacial score (nSPS) is 10.3. The highest BCUT2D eigenvalue weighted by atomic mass is 35.5. The lowest BCUT2D eigenvalue weighted by atomic mass is 10.1. The third-order valence-corrected chi connectivity index (χ3v) is 4.48. The van der Waals surface area contributed by atoms with Gasteiger partial charge in [0.15, 0.2) is 0 Å². The van der Waals surface area contributed by atoms with E-state index in [9.17, 15) is 9.59 Å². The van der Waals surface area contributed by atoms with Gasteiger partial charge in [-0.1, -0.05) is 17.7 Å². The summed E-state index contributed by atoms with van der Waals surface area (Å²) in [6.07, 6.45) is 0. The fourth-order valence-electron chi connectivity index (χ4n) is 2.49. The van der Waals surface area contributed by atoms with Crippen LogP contribution in [0.5, 0.6) is 5.75 Å². The van der Waals surface area contributed by atoms with E-state index in [1.54, 1.807) is 38.4 Å². The van der Waals surface area contributed by atoms with Crippen LogP contribution in [-0.2, 0) is 11.3 Å². The van der Waals surface area contributed by atoms with Crippen molar-refractivity contribution in [2.45, 2.75) is 20.4 Å². The van der Waals surface area contributed by atoms with Crippen molar-refractivity contribution in [1.29, 1.82) is 0 Å². The minimum absolute atomic E-state index is 0.0782. The molecular formula is C20H23ClN2O3. The van der Waals surface area contributed by atoms with Crippen LogP contribution in [0.4, 0.5) is 0 Å². The van der Waals surface area contributed by atoms with Crippen LogP contribution >= 0.6 is 11.6 Å². The lowest BCUT2D eigenvalue weighted by molar-refractivity contribution is -0.129. The zero-order valence-electron chi connectivity index (χ0n) is 15.4. The summed E-state index contributed by atoms with van der Waals surface area (Å²) >= 11 is 6.02. The molecule has 2 amide bonds. The van der Waals surface area contributed by atoms with Gasteiger partial charge < -0.3 is 15.0 Å². The smallest absolute Gasteiger partial charge is 0.251 e. The number of carbonyl (C=O) groups is 2. The van der Waals surface area contributed by atoms with Gasteiger partial charge in [-0.2, -0.15) is 0 Å². The molecule has 0 unspecified atom stereocenters. The maximum Gasteiger partial charge on any atom is 0.251 e. The maximum absolute atomic E-state index is 12.3. The largest absolute Gasteiger partial charge is 0.496 e. The Morgan fingerprint density at radius 1 is 1.12 bits per heavy atom. The first-order valence-electron chi connectivity index (χ1n) is 8.23. The minimum Gasteiger partial charge on any atom is -0.496 e. The maximum atomic E-state index is 12.3. The molecule has 5 nitrogen and oxygen atoms in total. The number of nitrogens with one attached hydrogen (secondary N) is 1. The first kappa shape index (κ1) is 19.8.